The summed E-state index contributed by atoms with van der Waals surface area (Å²) in [7, 11) is 3.88. The lowest BCUT2D eigenvalue weighted by Gasteiger charge is -2.12. The van der Waals surface area contributed by atoms with Crippen LogP contribution in [0.2, 0.25) is 0 Å². The molecule has 20 heavy (non-hydrogen) atoms. The summed E-state index contributed by atoms with van der Waals surface area (Å²) in [6, 6.07) is 7.79. The molecular weight excluding hydrogens is 270 g/mol. The topological polar surface area (TPSA) is 45.2 Å². The van der Waals surface area contributed by atoms with Gasteiger partial charge in [0, 0.05) is 37.8 Å². The van der Waals surface area contributed by atoms with Crippen LogP contribution in [-0.2, 0) is 11.3 Å². The summed E-state index contributed by atoms with van der Waals surface area (Å²) >= 11 is 1.60. The van der Waals surface area contributed by atoms with E-state index in [2.05, 4.69) is 10.3 Å². The van der Waals surface area contributed by atoms with E-state index in [1.165, 1.54) is 0 Å². The van der Waals surface area contributed by atoms with E-state index in [9.17, 15) is 4.79 Å². The predicted molar refractivity (Wildman–Crippen MR) is 83.8 cm³/mol. The van der Waals surface area contributed by atoms with Gasteiger partial charge in [0.25, 0.3) is 0 Å². The first-order valence-electron chi connectivity index (χ1n) is 6.27. The van der Waals surface area contributed by atoms with Crippen molar-refractivity contribution in [3.63, 3.8) is 0 Å². The van der Waals surface area contributed by atoms with E-state index in [4.69, 9.17) is 0 Å². The predicted octanol–water partition coefficient (Wildman–Crippen LogP) is 2.54. The van der Waals surface area contributed by atoms with Crippen molar-refractivity contribution in [1.29, 1.82) is 0 Å². The molecule has 0 spiro atoms. The molecule has 0 aromatic carbocycles. The number of hydrogen-bond donors (Lipinski definition) is 1. The van der Waals surface area contributed by atoms with Crippen molar-refractivity contribution in [3.05, 3.63) is 52.4 Å². The summed E-state index contributed by atoms with van der Waals surface area (Å²) in [6.45, 7) is 0.497. The molecule has 2 aromatic rings. The second-order valence-electron chi connectivity index (χ2n) is 4.48. The summed E-state index contributed by atoms with van der Waals surface area (Å²) in [5, 5.41) is 4.84. The van der Waals surface area contributed by atoms with Crippen LogP contribution >= 0.6 is 11.3 Å². The molecule has 1 N–H and O–H groups in total. The van der Waals surface area contributed by atoms with Crippen molar-refractivity contribution in [3.8, 4) is 0 Å². The first kappa shape index (κ1) is 14.3. The van der Waals surface area contributed by atoms with Crippen molar-refractivity contribution < 1.29 is 4.79 Å². The molecular formula is C15H17N3OS. The smallest absolute Gasteiger partial charge is 0.244 e. The Balaban J connectivity index is 1.88. The Bertz CT molecular complexity index is 591. The van der Waals surface area contributed by atoms with Crippen LogP contribution in [0.25, 0.3) is 6.08 Å². The lowest BCUT2D eigenvalue weighted by Crippen LogP contribution is -2.20. The van der Waals surface area contributed by atoms with Crippen molar-refractivity contribution in [2.45, 2.75) is 6.54 Å². The lowest BCUT2D eigenvalue weighted by molar-refractivity contribution is -0.116. The third-order valence-corrected chi connectivity index (χ3v) is 3.51. The van der Waals surface area contributed by atoms with E-state index in [-0.39, 0.29) is 5.91 Å². The van der Waals surface area contributed by atoms with Gasteiger partial charge in [-0.15, -0.1) is 11.3 Å². The Hall–Kier alpha value is -2.14. The number of rotatable bonds is 5. The maximum atomic E-state index is 11.7. The van der Waals surface area contributed by atoms with Crippen LogP contribution < -0.4 is 10.2 Å². The fraction of sp³-hybridized carbons (Fsp3) is 0.200. The Kier molecular flexibility index (Phi) is 4.90. The van der Waals surface area contributed by atoms with E-state index in [0.717, 1.165) is 16.3 Å². The van der Waals surface area contributed by atoms with Crippen LogP contribution in [0.4, 0.5) is 5.82 Å². The summed E-state index contributed by atoms with van der Waals surface area (Å²) < 4.78 is 0. The summed E-state index contributed by atoms with van der Waals surface area (Å²) in [5.74, 6) is 0.785. The van der Waals surface area contributed by atoms with Crippen LogP contribution in [0.15, 0.2) is 41.9 Å². The molecule has 0 bridgehead atoms. The van der Waals surface area contributed by atoms with E-state index < -0.39 is 0 Å². The second kappa shape index (κ2) is 6.86. The van der Waals surface area contributed by atoms with Gasteiger partial charge in [0.2, 0.25) is 5.91 Å². The Labute approximate surface area is 122 Å². The highest BCUT2D eigenvalue weighted by Gasteiger charge is 2.01. The first-order valence-corrected chi connectivity index (χ1v) is 7.15. The van der Waals surface area contributed by atoms with Gasteiger partial charge in [0.05, 0.1) is 0 Å². The molecule has 4 nitrogen and oxygen atoms in total. The van der Waals surface area contributed by atoms with Crippen LogP contribution in [0.1, 0.15) is 10.4 Å². The van der Waals surface area contributed by atoms with Gasteiger partial charge in [0.15, 0.2) is 0 Å². The third kappa shape index (κ3) is 4.20. The normalized spacial score (nSPS) is 10.7. The average molecular weight is 287 g/mol. The maximum Gasteiger partial charge on any atom is 0.244 e. The van der Waals surface area contributed by atoms with Gasteiger partial charge >= 0.3 is 0 Å². The Morgan fingerprint density at radius 1 is 1.45 bits per heavy atom. The number of thiophene rings is 1. The first-order chi connectivity index (χ1) is 9.65. The highest BCUT2D eigenvalue weighted by Crippen LogP contribution is 2.10. The van der Waals surface area contributed by atoms with Gasteiger partial charge in [-0.05, 0) is 35.2 Å². The number of anilines is 1. The molecule has 1 amide bonds. The number of amides is 1. The van der Waals surface area contributed by atoms with Crippen molar-refractivity contribution in [1.82, 2.24) is 10.3 Å². The molecule has 5 heteroatoms. The maximum absolute atomic E-state index is 11.7. The fourth-order valence-electron chi connectivity index (χ4n) is 1.61. The minimum Gasteiger partial charge on any atom is -0.363 e. The lowest BCUT2D eigenvalue weighted by atomic mass is 10.2. The van der Waals surface area contributed by atoms with Gasteiger partial charge in [-0.1, -0.05) is 6.07 Å². The van der Waals surface area contributed by atoms with Crippen molar-refractivity contribution in [2.75, 3.05) is 19.0 Å². The van der Waals surface area contributed by atoms with E-state index in [1.807, 2.05) is 54.7 Å². The summed E-state index contributed by atoms with van der Waals surface area (Å²) in [6.07, 6.45) is 5.12. The Morgan fingerprint density at radius 2 is 2.30 bits per heavy atom. The number of aromatic nitrogens is 1. The fourth-order valence-corrected chi connectivity index (χ4v) is 2.23. The number of nitrogens with zero attached hydrogens (tertiary/aromatic N) is 2. The van der Waals surface area contributed by atoms with Crippen LogP contribution in [0.5, 0.6) is 0 Å². The average Bonchev–Trinajstić information content (AvgIpc) is 2.96. The second-order valence-corrected chi connectivity index (χ2v) is 5.46. The zero-order valence-corrected chi connectivity index (χ0v) is 12.4. The number of hydrogen-bond acceptors (Lipinski definition) is 4. The molecule has 104 valence electrons. The zero-order chi connectivity index (χ0) is 14.4. The molecule has 2 heterocycles. The van der Waals surface area contributed by atoms with E-state index in [0.29, 0.717) is 6.54 Å². The molecule has 0 aliphatic carbocycles. The third-order valence-electron chi connectivity index (χ3n) is 2.68. The summed E-state index contributed by atoms with van der Waals surface area (Å²) in [4.78, 5) is 18.9. The van der Waals surface area contributed by atoms with Gasteiger partial charge in [-0.2, -0.15) is 0 Å². The SMILES string of the molecule is CN(C)c1cc(CNC(=O)/C=C/c2cccs2)ccn1. The number of nitrogens with one attached hydrogen (secondary N) is 1. The molecule has 0 aliphatic rings. The zero-order valence-electron chi connectivity index (χ0n) is 11.5. The van der Waals surface area contributed by atoms with Crippen molar-refractivity contribution >= 4 is 29.1 Å². The van der Waals surface area contributed by atoms with Gasteiger partial charge in [-0.25, -0.2) is 4.98 Å². The molecule has 0 unspecified atom stereocenters. The minimum absolute atomic E-state index is 0.0957. The van der Waals surface area contributed by atoms with Gasteiger partial charge < -0.3 is 10.2 Å². The standard InChI is InChI=1S/C15H17N3OS/c1-18(2)14-10-12(7-8-16-14)11-17-15(19)6-5-13-4-3-9-20-13/h3-10H,11H2,1-2H3,(H,17,19)/b6-5+. The number of carbonyl (C=O) groups is 1. The molecule has 0 saturated carbocycles. The Morgan fingerprint density at radius 3 is 3.00 bits per heavy atom. The molecule has 2 aromatic heterocycles. The minimum atomic E-state index is -0.0957. The highest BCUT2D eigenvalue weighted by molar-refractivity contribution is 7.10. The molecule has 0 aliphatic heterocycles. The van der Waals surface area contributed by atoms with Crippen LogP contribution in [-0.4, -0.2) is 25.0 Å². The monoisotopic (exact) mass is 287 g/mol. The quantitative estimate of drug-likeness (QED) is 0.860. The molecule has 0 atom stereocenters. The molecule has 0 radical (unpaired) electrons. The molecule has 0 fully saturated rings. The number of pyridine rings is 1. The van der Waals surface area contributed by atoms with Gasteiger partial charge in [0.1, 0.15) is 5.82 Å². The largest absolute Gasteiger partial charge is 0.363 e. The molecule has 0 saturated heterocycles. The molecule has 2 rings (SSSR count). The highest BCUT2D eigenvalue weighted by atomic mass is 32.1. The van der Waals surface area contributed by atoms with Crippen LogP contribution in [0, 0.1) is 0 Å². The van der Waals surface area contributed by atoms with E-state index in [1.54, 1.807) is 23.6 Å². The van der Waals surface area contributed by atoms with E-state index >= 15 is 0 Å². The van der Waals surface area contributed by atoms with Gasteiger partial charge in [-0.3, -0.25) is 4.79 Å². The van der Waals surface area contributed by atoms with Crippen molar-refractivity contribution in [2.24, 2.45) is 0 Å². The number of carbonyl (C=O) groups excluding carboxylic acids is 1. The summed E-state index contributed by atoms with van der Waals surface area (Å²) in [5.41, 5.74) is 1.03. The van der Waals surface area contributed by atoms with Crippen LogP contribution in [0.3, 0.4) is 0 Å².